The summed E-state index contributed by atoms with van der Waals surface area (Å²) in [5, 5.41) is 3.56. The lowest BCUT2D eigenvalue weighted by molar-refractivity contribution is 0.152. The second kappa shape index (κ2) is 7.38. The molecule has 1 saturated heterocycles. The van der Waals surface area contributed by atoms with Crippen LogP contribution >= 0.6 is 0 Å². The van der Waals surface area contributed by atoms with Crippen LogP contribution in [0.25, 0.3) is 0 Å². The summed E-state index contributed by atoms with van der Waals surface area (Å²) in [5.74, 6) is 0.959. The van der Waals surface area contributed by atoms with Crippen LogP contribution in [0, 0.1) is 11.3 Å². The molecule has 0 aromatic rings. The van der Waals surface area contributed by atoms with E-state index < -0.39 is 0 Å². The molecular weight excluding hydrogens is 208 g/mol. The van der Waals surface area contributed by atoms with Gasteiger partial charge in [0.1, 0.15) is 0 Å². The van der Waals surface area contributed by atoms with E-state index in [0.29, 0.717) is 5.41 Å². The van der Waals surface area contributed by atoms with Crippen molar-refractivity contribution in [2.24, 2.45) is 11.3 Å². The molecule has 1 rings (SSSR count). The fourth-order valence-corrected chi connectivity index (χ4v) is 3.03. The van der Waals surface area contributed by atoms with Gasteiger partial charge in [-0.15, -0.1) is 0 Å². The average molecular weight is 240 g/mol. The van der Waals surface area contributed by atoms with E-state index in [4.69, 9.17) is 0 Å². The van der Waals surface area contributed by atoms with Crippen molar-refractivity contribution in [1.29, 1.82) is 0 Å². The number of hydrogen-bond acceptors (Lipinski definition) is 2. The Morgan fingerprint density at radius 2 is 1.88 bits per heavy atom. The first-order chi connectivity index (χ1) is 8.19. The summed E-state index contributed by atoms with van der Waals surface area (Å²) in [6, 6.07) is 0. The highest BCUT2D eigenvalue weighted by Crippen LogP contribution is 2.30. The Bertz CT molecular complexity index is 199. The van der Waals surface area contributed by atoms with Crippen molar-refractivity contribution in [2.45, 2.75) is 53.4 Å². The molecule has 0 aromatic heterocycles. The van der Waals surface area contributed by atoms with Gasteiger partial charge in [0.2, 0.25) is 0 Å². The third kappa shape index (κ3) is 4.26. The van der Waals surface area contributed by atoms with Crippen molar-refractivity contribution in [1.82, 2.24) is 10.2 Å². The van der Waals surface area contributed by atoms with E-state index >= 15 is 0 Å². The summed E-state index contributed by atoms with van der Waals surface area (Å²) >= 11 is 0. The van der Waals surface area contributed by atoms with Crippen molar-refractivity contribution in [3.05, 3.63) is 0 Å². The van der Waals surface area contributed by atoms with Gasteiger partial charge in [-0.25, -0.2) is 0 Å². The number of nitrogens with zero attached hydrogens (tertiary/aromatic N) is 1. The van der Waals surface area contributed by atoms with Crippen LogP contribution in [0.15, 0.2) is 0 Å². The molecule has 2 heteroatoms. The van der Waals surface area contributed by atoms with E-state index in [9.17, 15) is 0 Å². The van der Waals surface area contributed by atoms with Crippen molar-refractivity contribution in [3.63, 3.8) is 0 Å². The second-order valence-electron chi connectivity index (χ2n) is 5.79. The van der Waals surface area contributed by atoms with E-state index in [0.717, 1.165) is 12.5 Å². The van der Waals surface area contributed by atoms with Crippen LogP contribution < -0.4 is 5.32 Å². The Kier molecular flexibility index (Phi) is 6.50. The molecule has 0 saturated carbocycles. The number of nitrogens with one attached hydrogen (secondary N) is 1. The molecule has 1 heterocycles. The molecule has 0 bridgehead atoms. The van der Waals surface area contributed by atoms with Gasteiger partial charge in [-0.2, -0.15) is 0 Å². The predicted octanol–water partition coefficient (Wildman–Crippen LogP) is 3.13. The Hall–Kier alpha value is -0.0800. The summed E-state index contributed by atoms with van der Waals surface area (Å²) in [5.41, 5.74) is 0.499. The fourth-order valence-electron chi connectivity index (χ4n) is 3.03. The first kappa shape index (κ1) is 15.0. The smallest absolute Gasteiger partial charge is 0.00501 e. The first-order valence-electron chi connectivity index (χ1n) is 7.62. The van der Waals surface area contributed by atoms with Crippen LogP contribution in [0.1, 0.15) is 53.4 Å². The van der Waals surface area contributed by atoms with Crippen LogP contribution in [0.2, 0.25) is 0 Å². The highest BCUT2D eigenvalue weighted by atomic mass is 15.2. The van der Waals surface area contributed by atoms with E-state index in [1.54, 1.807) is 0 Å². The molecular formula is C15H32N2. The van der Waals surface area contributed by atoms with E-state index in [-0.39, 0.29) is 0 Å². The molecule has 1 atom stereocenters. The van der Waals surface area contributed by atoms with Gasteiger partial charge < -0.3 is 10.2 Å². The Balaban J connectivity index is 2.48. The quantitative estimate of drug-likeness (QED) is 0.701. The largest absolute Gasteiger partial charge is 0.316 e. The van der Waals surface area contributed by atoms with Gasteiger partial charge in [0.05, 0.1) is 0 Å². The Labute approximate surface area is 108 Å². The summed E-state index contributed by atoms with van der Waals surface area (Å²) in [6.07, 6.45) is 5.36. The maximum absolute atomic E-state index is 3.56. The molecule has 1 aliphatic heterocycles. The molecule has 1 aliphatic rings. The molecule has 0 amide bonds. The van der Waals surface area contributed by atoms with Crippen molar-refractivity contribution >= 4 is 0 Å². The third-order valence-electron chi connectivity index (χ3n) is 4.76. The summed E-state index contributed by atoms with van der Waals surface area (Å²) < 4.78 is 0. The van der Waals surface area contributed by atoms with Crippen molar-refractivity contribution in [2.75, 3.05) is 32.7 Å². The average Bonchev–Trinajstić information content (AvgIpc) is 2.82. The lowest BCUT2D eigenvalue weighted by atomic mass is 9.81. The van der Waals surface area contributed by atoms with E-state index in [1.807, 2.05) is 0 Å². The zero-order valence-electron chi connectivity index (χ0n) is 12.4. The lowest BCUT2D eigenvalue weighted by Gasteiger charge is -2.36. The lowest BCUT2D eigenvalue weighted by Crippen LogP contribution is -2.43. The molecule has 1 fully saturated rings. The highest BCUT2D eigenvalue weighted by molar-refractivity contribution is 4.86. The topological polar surface area (TPSA) is 15.3 Å². The summed E-state index contributed by atoms with van der Waals surface area (Å²) in [7, 11) is 0. The van der Waals surface area contributed by atoms with Crippen LogP contribution in [0.5, 0.6) is 0 Å². The minimum absolute atomic E-state index is 0.499. The Morgan fingerprint density at radius 3 is 2.35 bits per heavy atom. The van der Waals surface area contributed by atoms with Gasteiger partial charge in [0.15, 0.2) is 0 Å². The van der Waals surface area contributed by atoms with Crippen LogP contribution in [-0.4, -0.2) is 37.6 Å². The standard InChI is InChI=1S/C15H32N2/c1-5-14-9-10-17(11-14)13-15(6-2,7-3)12-16-8-4/h14,16H,5-13H2,1-4H3. The van der Waals surface area contributed by atoms with Crippen molar-refractivity contribution < 1.29 is 0 Å². The zero-order chi connectivity index (χ0) is 12.7. The fraction of sp³-hybridized carbons (Fsp3) is 1.00. The van der Waals surface area contributed by atoms with Crippen molar-refractivity contribution in [3.8, 4) is 0 Å². The monoisotopic (exact) mass is 240 g/mol. The van der Waals surface area contributed by atoms with Crippen LogP contribution in [-0.2, 0) is 0 Å². The van der Waals surface area contributed by atoms with Gasteiger partial charge in [-0.3, -0.25) is 0 Å². The third-order valence-corrected chi connectivity index (χ3v) is 4.76. The maximum Gasteiger partial charge on any atom is 0.00501 e. The minimum Gasteiger partial charge on any atom is -0.316 e. The molecule has 0 spiro atoms. The van der Waals surface area contributed by atoms with Gasteiger partial charge in [-0.05, 0) is 43.7 Å². The van der Waals surface area contributed by atoms with Crippen LogP contribution in [0.3, 0.4) is 0 Å². The maximum atomic E-state index is 3.56. The van der Waals surface area contributed by atoms with Crippen LogP contribution in [0.4, 0.5) is 0 Å². The SMILES string of the molecule is CCNCC(CC)(CC)CN1CCC(CC)C1. The Morgan fingerprint density at radius 1 is 1.18 bits per heavy atom. The molecule has 1 N–H and O–H groups in total. The zero-order valence-corrected chi connectivity index (χ0v) is 12.4. The van der Waals surface area contributed by atoms with Gasteiger partial charge in [-0.1, -0.05) is 34.1 Å². The number of rotatable bonds is 8. The van der Waals surface area contributed by atoms with E-state index in [2.05, 4.69) is 37.9 Å². The van der Waals surface area contributed by atoms with Gasteiger partial charge in [0.25, 0.3) is 0 Å². The number of likely N-dealkylation sites (tertiary alicyclic amines) is 1. The molecule has 17 heavy (non-hydrogen) atoms. The van der Waals surface area contributed by atoms with Gasteiger partial charge in [0, 0.05) is 19.6 Å². The second-order valence-corrected chi connectivity index (χ2v) is 5.79. The molecule has 1 unspecified atom stereocenters. The minimum atomic E-state index is 0.499. The molecule has 0 aliphatic carbocycles. The summed E-state index contributed by atoms with van der Waals surface area (Å²) in [4.78, 5) is 2.71. The number of hydrogen-bond donors (Lipinski definition) is 1. The molecule has 0 radical (unpaired) electrons. The van der Waals surface area contributed by atoms with Gasteiger partial charge >= 0.3 is 0 Å². The highest BCUT2D eigenvalue weighted by Gasteiger charge is 2.31. The van der Waals surface area contributed by atoms with E-state index in [1.165, 1.54) is 51.9 Å². The molecule has 0 aromatic carbocycles. The molecule has 102 valence electrons. The summed E-state index contributed by atoms with van der Waals surface area (Å²) in [6.45, 7) is 15.5. The first-order valence-corrected chi connectivity index (χ1v) is 7.62. The predicted molar refractivity (Wildman–Crippen MR) is 76.4 cm³/mol. The normalized spacial score (nSPS) is 22.2. The molecule has 2 nitrogen and oxygen atoms in total.